The predicted octanol–water partition coefficient (Wildman–Crippen LogP) is 2.05. The van der Waals surface area contributed by atoms with Crippen LogP contribution in [-0.4, -0.2) is 46.6 Å². The van der Waals surface area contributed by atoms with Gasteiger partial charge in [-0.25, -0.2) is 4.98 Å². The molecule has 1 atom stereocenters. The van der Waals surface area contributed by atoms with Gasteiger partial charge >= 0.3 is 0 Å². The number of likely N-dealkylation sites (N-methyl/N-ethyl adjacent to an activating group) is 1. The molecular weight excluding hydrogens is 310 g/mol. The first-order valence-corrected chi connectivity index (χ1v) is 8.38. The summed E-state index contributed by atoms with van der Waals surface area (Å²) in [6.07, 6.45) is 1.74. The van der Waals surface area contributed by atoms with Crippen LogP contribution in [0.2, 0.25) is 0 Å². The van der Waals surface area contributed by atoms with Crippen LogP contribution in [0.25, 0.3) is 0 Å². The summed E-state index contributed by atoms with van der Waals surface area (Å²) in [6.45, 7) is 4.10. The van der Waals surface area contributed by atoms with Gasteiger partial charge in [0.15, 0.2) is 0 Å². The third-order valence-corrected chi connectivity index (χ3v) is 4.05. The van der Waals surface area contributed by atoms with E-state index in [0.717, 1.165) is 10.6 Å². The SMILES string of the molecule is CN(CC(=O)NC(c1ccccc1)c1nccs1)CC(C)(C)O. The van der Waals surface area contributed by atoms with Gasteiger partial charge < -0.3 is 10.4 Å². The molecule has 2 rings (SSSR count). The summed E-state index contributed by atoms with van der Waals surface area (Å²) in [5, 5.41) is 15.6. The van der Waals surface area contributed by atoms with E-state index in [0.29, 0.717) is 6.54 Å². The van der Waals surface area contributed by atoms with Gasteiger partial charge in [0.25, 0.3) is 0 Å². The second kappa shape index (κ2) is 7.68. The number of aromatic nitrogens is 1. The molecule has 0 bridgehead atoms. The molecule has 23 heavy (non-hydrogen) atoms. The molecule has 1 unspecified atom stereocenters. The summed E-state index contributed by atoms with van der Waals surface area (Å²) < 4.78 is 0. The van der Waals surface area contributed by atoms with E-state index >= 15 is 0 Å². The van der Waals surface area contributed by atoms with Crippen LogP contribution in [0.15, 0.2) is 41.9 Å². The Balaban J connectivity index is 2.05. The lowest BCUT2D eigenvalue weighted by molar-refractivity contribution is -0.123. The van der Waals surface area contributed by atoms with Crippen molar-refractivity contribution in [2.75, 3.05) is 20.1 Å². The standard InChI is InChI=1S/C17H23N3O2S/c1-17(2,22)12-20(3)11-14(21)19-15(16-18-9-10-23-16)13-7-5-4-6-8-13/h4-10,15,22H,11-12H2,1-3H3,(H,19,21). The van der Waals surface area contributed by atoms with Crippen molar-refractivity contribution < 1.29 is 9.90 Å². The number of nitrogens with one attached hydrogen (secondary N) is 1. The molecular formula is C17H23N3O2S. The number of amides is 1. The minimum absolute atomic E-state index is 0.0965. The number of aliphatic hydroxyl groups is 1. The molecule has 124 valence electrons. The van der Waals surface area contributed by atoms with Crippen molar-refractivity contribution in [2.24, 2.45) is 0 Å². The smallest absolute Gasteiger partial charge is 0.235 e. The average molecular weight is 333 g/mol. The molecule has 0 saturated heterocycles. The van der Waals surface area contributed by atoms with Crippen molar-refractivity contribution in [1.82, 2.24) is 15.2 Å². The number of hydrogen-bond donors (Lipinski definition) is 2. The minimum atomic E-state index is -0.830. The quantitative estimate of drug-likeness (QED) is 0.814. The van der Waals surface area contributed by atoms with E-state index in [9.17, 15) is 9.90 Å². The highest BCUT2D eigenvalue weighted by Crippen LogP contribution is 2.23. The molecule has 0 aliphatic heterocycles. The first kappa shape index (κ1) is 17.6. The fraction of sp³-hybridized carbons (Fsp3) is 0.412. The summed E-state index contributed by atoms with van der Waals surface area (Å²) >= 11 is 1.52. The van der Waals surface area contributed by atoms with E-state index in [1.165, 1.54) is 11.3 Å². The van der Waals surface area contributed by atoms with E-state index in [2.05, 4.69) is 10.3 Å². The highest BCUT2D eigenvalue weighted by molar-refractivity contribution is 7.09. The van der Waals surface area contributed by atoms with E-state index in [-0.39, 0.29) is 18.5 Å². The van der Waals surface area contributed by atoms with Crippen LogP contribution in [0.1, 0.15) is 30.5 Å². The zero-order chi connectivity index (χ0) is 16.9. The highest BCUT2D eigenvalue weighted by atomic mass is 32.1. The molecule has 0 aliphatic rings. The number of rotatable bonds is 7. The number of thiazole rings is 1. The Bertz CT molecular complexity index is 609. The van der Waals surface area contributed by atoms with Gasteiger partial charge in [0.2, 0.25) is 5.91 Å². The summed E-state index contributed by atoms with van der Waals surface area (Å²) in [7, 11) is 1.82. The predicted molar refractivity (Wildman–Crippen MR) is 92.3 cm³/mol. The number of nitrogens with zero attached hydrogens (tertiary/aromatic N) is 2. The van der Waals surface area contributed by atoms with Crippen LogP contribution in [0.4, 0.5) is 0 Å². The van der Waals surface area contributed by atoms with Crippen LogP contribution in [0.3, 0.4) is 0 Å². The number of hydrogen-bond acceptors (Lipinski definition) is 5. The summed E-state index contributed by atoms with van der Waals surface area (Å²) in [6, 6.07) is 9.55. The maximum absolute atomic E-state index is 12.4. The summed E-state index contributed by atoms with van der Waals surface area (Å²) in [4.78, 5) is 18.5. The molecule has 0 saturated carbocycles. The molecule has 1 heterocycles. The number of carbonyl (C=O) groups excluding carboxylic acids is 1. The zero-order valence-electron chi connectivity index (χ0n) is 13.7. The Labute approximate surface area is 141 Å². The van der Waals surface area contributed by atoms with Crippen LogP contribution in [0.5, 0.6) is 0 Å². The fourth-order valence-corrected chi connectivity index (χ4v) is 3.19. The topological polar surface area (TPSA) is 65.5 Å². The maximum atomic E-state index is 12.4. The maximum Gasteiger partial charge on any atom is 0.235 e. The first-order valence-electron chi connectivity index (χ1n) is 7.50. The third-order valence-electron chi connectivity index (χ3n) is 3.21. The first-order chi connectivity index (χ1) is 10.8. The van der Waals surface area contributed by atoms with Gasteiger partial charge in [-0.15, -0.1) is 11.3 Å². The Kier molecular flexibility index (Phi) is 5.87. The van der Waals surface area contributed by atoms with Crippen LogP contribution < -0.4 is 5.32 Å². The van der Waals surface area contributed by atoms with E-state index in [1.807, 2.05) is 42.8 Å². The highest BCUT2D eigenvalue weighted by Gasteiger charge is 2.21. The van der Waals surface area contributed by atoms with E-state index in [1.54, 1.807) is 24.9 Å². The van der Waals surface area contributed by atoms with Crippen LogP contribution >= 0.6 is 11.3 Å². The van der Waals surface area contributed by atoms with Crippen molar-refractivity contribution in [2.45, 2.75) is 25.5 Å². The lowest BCUT2D eigenvalue weighted by Gasteiger charge is -2.25. The van der Waals surface area contributed by atoms with Crippen molar-refractivity contribution in [3.63, 3.8) is 0 Å². The van der Waals surface area contributed by atoms with Gasteiger partial charge in [0.05, 0.1) is 12.1 Å². The Morgan fingerprint density at radius 1 is 1.39 bits per heavy atom. The van der Waals surface area contributed by atoms with Gasteiger partial charge in [0, 0.05) is 18.1 Å². The third kappa shape index (κ3) is 5.74. The second-order valence-electron chi connectivity index (χ2n) is 6.27. The van der Waals surface area contributed by atoms with E-state index in [4.69, 9.17) is 0 Å². The lowest BCUT2D eigenvalue weighted by Crippen LogP contribution is -2.43. The molecule has 0 radical (unpaired) electrons. The summed E-state index contributed by atoms with van der Waals surface area (Å²) in [5.74, 6) is -0.0965. The fourth-order valence-electron chi connectivity index (χ4n) is 2.48. The number of carbonyl (C=O) groups is 1. The molecule has 1 aromatic heterocycles. The largest absolute Gasteiger partial charge is 0.389 e. The molecule has 0 spiro atoms. The molecule has 0 fully saturated rings. The van der Waals surface area contributed by atoms with Crippen LogP contribution in [-0.2, 0) is 4.79 Å². The van der Waals surface area contributed by atoms with Crippen molar-refractivity contribution in [3.05, 3.63) is 52.5 Å². The minimum Gasteiger partial charge on any atom is -0.389 e. The Hall–Kier alpha value is -1.76. The average Bonchev–Trinajstić information content (AvgIpc) is 2.97. The second-order valence-corrected chi connectivity index (χ2v) is 7.19. The van der Waals surface area contributed by atoms with E-state index < -0.39 is 5.60 Å². The van der Waals surface area contributed by atoms with Gasteiger partial charge in [-0.1, -0.05) is 30.3 Å². The monoisotopic (exact) mass is 333 g/mol. The molecule has 2 aromatic rings. The van der Waals surface area contributed by atoms with Crippen molar-refractivity contribution >= 4 is 17.2 Å². The van der Waals surface area contributed by atoms with Gasteiger partial charge in [0.1, 0.15) is 11.0 Å². The van der Waals surface area contributed by atoms with Crippen molar-refractivity contribution in [1.29, 1.82) is 0 Å². The van der Waals surface area contributed by atoms with Gasteiger partial charge in [-0.2, -0.15) is 0 Å². The molecule has 1 amide bonds. The summed E-state index contributed by atoms with van der Waals surface area (Å²) in [5.41, 5.74) is 0.171. The molecule has 6 heteroatoms. The number of benzene rings is 1. The van der Waals surface area contributed by atoms with Crippen molar-refractivity contribution in [3.8, 4) is 0 Å². The van der Waals surface area contributed by atoms with Crippen LogP contribution in [0, 0.1) is 0 Å². The zero-order valence-corrected chi connectivity index (χ0v) is 14.5. The van der Waals surface area contributed by atoms with Gasteiger partial charge in [-0.3, -0.25) is 9.69 Å². The van der Waals surface area contributed by atoms with Gasteiger partial charge in [-0.05, 0) is 26.5 Å². The lowest BCUT2D eigenvalue weighted by atomic mass is 10.1. The molecule has 5 nitrogen and oxygen atoms in total. The Morgan fingerprint density at radius 3 is 2.65 bits per heavy atom. The normalized spacial score (nSPS) is 13.1. The Morgan fingerprint density at radius 2 is 2.09 bits per heavy atom. The molecule has 0 aliphatic carbocycles. The molecule has 1 aromatic carbocycles. The molecule has 2 N–H and O–H groups in total.